The van der Waals surface area contributed by atoms with E-state index in [0.29, 0.717) is 0 Å². The molecular formula is C11H13NO2S. The van der Waals surface area contributed by atoms with Gasteiger partial charge in [-0.3, -0.25) is 4.79 Å². The first-order valence-corrected chi connectivity index (χ1v) is 5.99. The van der Waals surface area contributed by atoms with Crippen LogP contribution in [0.1, 0.15) is 29.8 Å². The van der Waals surface area contributed by atoms with Crippen molar-refractivity contribution in [3.8, 4) is 0 Å². The lowest BCUT2D eigenvalue weighted by molar-refractivity contribution is -0.197. The van der Waals surface area contributed by atoms with E-state index in [2.05, 4.69) is 11.9 Å². The summed E-state index contributed by atoms with van der Waals surface area (Å²) in [6, 6.07) is 0. The Kier molecular flexibility index (Phi) is 1.63. The highest BCUT2D eigenvalue weighted by atomic mass is 32.1. The molecule has 1 aromatic heterocycles. The van der Waals surface area contributed by atoms with Crippen molar-refractivity contribution in [3.05, 3.63) is 16.1 Å². The van der Waals surface area contributed by atoms with Crippen LogP contribution in [0.2, 0.25) is 0 Å². The summed E-state index contributed by atoms with van der Waals surface area (Å²) in [4.78, 5) is 17.2. The van der Waals surface area contributed by atoms with Gasteiger partial charge >= 0.3 is 5.97 Å². The molecule has 0 saturated heterocycles. The van der Waals surface area contributed by atoms with E-state index >= 15 is 0 Å². The summed E-state index contributed by atoms with van der Waals surface area (Å²) in [5.74, 6) is -0.0217. The average Bonchev–Trinajstić information content (AvgIpc) is 2.48. The molecule has 0 N–H and O–H groups in total. The van der Waals surface area contributed by atoms with E-state index in [1.807, 2.05) is 5.51 Å². The predicted octanol–water partition coefficient (Wildman–Crippen LogP) is 2.05. The Morgan fingerprint density at radius 2 is 2.20 bits per heavy atom. The van der Waals surface area contributed by atoms with Crippen LogP contribution in [0.4, 0.5) is 0 Å². The minimum absolute atomic E-state index is 0.0217. The van der Waals surface area contributed by atoms with Crippen LogP contribution in [-0.2, 0) is 14.9 Å². The van der Waals surface area contributed by atoms with Crippen molar-refractivity contribution in [2.24, 2.45) is 5.41 Å². The number of ether oxygens (including phenoxy) is 1. The van der Waals surface area contributed by atoms with E-state index in [1.165, 1.54) is 12.0 Å². The number of nitrogens with zero attached hydrogens (tertiary/aromatic N) is 1. The van der Waals surface area contributed by atoms with Gasteiger partial charge in [0, 0.05) is 10.3 Å². The lowest BCUT2D eigenvalue weighted by atomic mass is 9.34. The highest BCUT2D eigenvalue weighted by molar-refractivity contribution is 7.10. The van der Waals surface area contributed by atoms with Crippen molar-refractivity contribution in [1.82, 2.24) is 4.98 Å². The highest BCUT2D eigenvalue weighted by Gasteiger charge is 2.73. The van der Waals surface area contributed by atoms with Gasteiger partial charge in [0.2, 0.25) is 0 Å². The number of methoxy groups -OCH3 is 1. The van der Waals surface area contributed by atoms with Crippen molar-refractivity contribution < 1.29 is 9.53 Å². The van der Waals surface area contributed by atoms with Gasteiger partial charge in [-0.25, -0.2) is 4.98 Å². The normalized spacial score (nSPS) is 36.7. The van der Waals surface area contributed by atoms with E-state index in [4.69, 9.17) is 4.74 Å². The van der Waals surface area contributed by atoms with E-state index < -0.39 is 0 Å². The van der Waals surface area contributed by atoms with Crippen LogP contribution < -0.4 is 0 Å². The summed E-state index contributed by atoms with van der Waals surface area (Å²) in [6.45, 7) is 2.05. The molecule has 0 unspecified atom stereocenters. The Balaban J connectivity index is 1.82. The number of rotatable bonds is 2. The molecular weight excluding hydrogens is 210 g/mol. The smallest absolute Gasteiger partial charge is 0.311 e. The molecule has 0 aliphatic heterocycles. The minimum atomic E-state index is -0.134. The molecule has 0 atom stereocenters. The second-order valence-corrected chi connectivity index (χ2v) is 5.70. The van der Waals surface area contributed by atoms with Gasteiger partial charge in [-0.1, -0.05) is 0 Å². The molecule has 0 radical (unpaired) electrons. The SMILES string of the molecule is COC(=O)C12CC(c3scnc3C)(C1)C2. The first kappa shape index (κ1) is 9.33. The van der Waals surface area contributed by atoms with Gasteiger partial charge in [0.05, 0.1) is 23.7 Å². The first-order chi connectivity index (χ1) is 7.12. The number of hydrogen-bond acceptors (Lipinski definition) is 4. The number of hydrogen-bond donors (Lipinski definition) is 0. The lowest BCUT2D eigenvalue weighted by Gasteiger charge is -2.68. The van der Waals surface area contributed by atoms with E-state index in [0.717, 1.165) is 25.0 Å². The maximum absolute atomic E-state index is 11.5. The van der Waals surface area contributed by atoms with Crippen LogP contribution in [0.25, 0.3) is 0 Å². The fourth-order valence-corrected chi connectivity index (χ4v) is 4.28. The molecule has 4 rings (SSSR count). The molecule has 2 bridgehead atoms. The van der Waals surface area contributed by atoms with Crippen LogP contribution in [0.3, 0.4) is 0 Å². The monoisotopic (exact) mass is 223 g/mol. The molecule has 0 spiro atoms. The van der Waals surface area contributed by atoms with Crippen molar-refractivity contribution >= 4 is 17.3 Å². The van der Waals surface area contributed by atoms with Crippen LogP contribution >= 0.6 is 11.3 Å². The zero-order valence-corrected chi connectivity index (χ0v) is 9.69. The van der Waals surface area contributed by atoms with Crippen molar-refractivity contribution in [1.29, 1.82) is 0 Å². The predicted molar refractivity (Wildman–Crippen MR) is 56.8 cm³/mol. The van der Waals surface area contributed by atoms with Gasteiger partial charge in [-0.2, -0.15) is 0 Å². The second kappa shape index (κ2) is 2.61. The molecule has 0 aromatic carbocycles. The maximum Gasteiger partial charge on any atom is 0.311 e. The van der Waals surface area contributed by atoms with E-state index in [1.54, 1.807) is 11.3 Å². The van der Waals surface area contributed by atoms with Gasteiger partial charge in [0.15, 0.2) is 0 Å². The molecule has 0 amide bonds. The lowest BCUT2D eigenvalue weighted by Crippen LogP contribution is -2.68. The van der Waals surface area contributed by atoms with Gasteiger partial charge in [0.1, 0.15) is 0 Å². The Morgan fingerprint density at radius 3 is 2.67 bits per heavy atom. The van der Waals surface area contributed by atoms with Crippen molar-refractivity contribution in [2.45, 2.75) is 31.6 Å². The highest BCUT2D eigenvalue weighted by Crippen LogP contribution is 2.74. The van der Waals surface area contributed by atoms with Crippen LogP contribution in [0.5, 0.6) is 0 Å². The fourth-order valence-electron chi connectivity index (χ4n) is 3.27. The van der Waals surface area contributed by atoms with Gasteiger partial charge in [-0.15, -0.1) is 11.3 Å². The fraction of sp³-hybridized carbons (Fsp3) is 0.636. The number of aromatic nitrogens is 1. The van der Waals surface area contributed by atoms with Crippen molar-refractivity contribution in [2.75, 3.05) is 7.11 Å². The molecule has 1 aromatic rings. The van der Waals surface area contributed by atoms with E-state index in [-0.39, 0.29) is 16.8 Å². The first-order valence-electron chi connectivity index (χ1n) is 5.11. The number of aryl methyl sites for hydroxylation is 1. The van der Waals surface area contributed by atoms with Crippen LogP contribution in [0, 0.1) is 12.3 Å². The van der Waals surface area contributed by atoms with Gasteiger partial charge in [-0.05, 0) is 26.2 Å². The molecule has 80 valence electrons. The Bertz CT molecular complexity index is 418. The number of carbonyl (C=O) groups is 1. The molecule has 15 heavy (non-hydrogen) atoms. The Morgan fingerprint density at radius 1 is 1.53 bits per heavy atom. The Labute approximate surface area is 92.5 Å². The molecule has 3 aliphatic carbocycles. The second-order valence-electron chi connectivity index (χ2n) is 4.85. The van der Waals surface area contributed by atoms with Crippen molar-refractivity contribution in [3.63, 3.8) is 0 Å². The Hall–Kier alpha value is -0.900. The number of esters is 1. The topological polar surface area (TPSA) is 39.2 Å². The van der Waals surface area contributed by atoms with Crippen LogP contribution in [-0.4, -0.2) is 18.1 Å². The third-order valence-electron chi connectivity index (χ3n) is 3.88. The molecule has 3 aliphatic rings. The van der Waals surface area contributed by atoms with Gasteiger partial charge in [0.25, 0.3) is 0 Å². The van der Waals surface area contributed by atoms with E-state index in [9.17, 15) is 4.79 Å². The zero-order valence-electron chi connectivity index (χ0n) is 8.87. The summed E-state index contributed by atoms with van der Waals surface area (Å²) in [5.41, 5.74) is 3.18. The standard InChI is InChI=1S/C11H13NO2S/c1-7-8(15-6-12-7)10-3-11(4-10,5-10)9(13)14-2/h6H,3-5H2,1-2H3. The number of carbonyl (C=O) groups excluding carboxylic acids is 1. The largest absolute Gasteiger partial charge is 0.469 e. The average molecular weight is 223 g/mol. The quantitative estimate of drug-likeness (QED) is 0.720. The van der Waals surface area contributed by atoms with Crippen LogP contribution in [0.15, 0.2) is 5.51 Å². The summed E-state index contributed by atoms with van der Waals surface area (Å²) < 4.78 is 4.84. The molecule has 3 fully saturated rings. The van der Waals surface area contributed by atoms with Gasteiger partial charge < -0.3 is 4.74 Å². The third-order valence-corrected chi connectivity index (χ3v) is 5.05. The molecule has 4 heteroatoms. The molecule has 3 nitrogen and oxygen atoms in total. The summed E-state index contributed by atoms with van der Waals surface area (Å²) in [5, 5.41) is 0. The maximum atomic E-state index is 11.5. The molecule has 3 saturated carbocycles. The number of thiazole rings is 1. The molecule has 1 heterocycles. The third kappa shape index (κ3) is 0.956. The summed E-state index contributed by atoms with van der Waals surface area (Å²) >= 11 is 1.73. The summed E-state index contributed by atoms with van der Waals surface area (Å²) in [6.07, 6.45) is 2.90. The summed E-state index contributed by atoms with van der Waals surface area (Å²) in [7, 11) is 1.48. The minimum Gasteiger partial charge on any atom is -0.469 e. The zero-order chi connectivity index (χ0) is 10.7.